The van der Waals surface area contributed by atoms with Crippen molar-refractivity contribution in [3.05, 3.63) is 30.1 Å². The number of pyridine rings is 1. The number of carbonyl (C=O) groups excluding carboxylic acids is 1. The molecule has 0 bridgehead atoms. The third-order valence-corrected chi connectivity index (χ3v) is 2.78. The largest absolute Gasteiger partial charge is 0.468 e. The minimum absolute atomic E-state index is 0.0223. The molecule has 1 N–H and O–H groups in total. The third-order valence-electron chi connectivity index (χ3n) is 2.78. The maximum atomic E-state index is 11.7. The lowest BCUT2D eigenvalue weighted by atomic mass is 10.0. The maximum absolute atomic E-state index is 11.7. The fraction of sp³-hybridized carbons (Fsp3) is 0.571. The van der Waals surface area contributed by atoms with Gasteiger partial charge < -0.3 is 4.74 Å². The average molecular weight is 250 g/mol. The summed E-state index contributed by atoms with van der Waals surface area (Å²) in [5, 5.41) is 3.28. The highest BCUT2D eigenvalue weighted by molar-refractivity contribution is 5.75. The lowest BCUT2D eigenvalue weighted by Crippen LogP contribution is -2.40. The summed E-state index contributed by atoms with van der Waals surface area (Å²) in [6.07, 6.45) is 2.51. The molecule has 0 aliphatic carbocycles. The molecule has 0 saturated heterocycles. The minimum atomic E-state index is -0.285. The van der Waals surface area contributed by atoms with Crippen molar-refractivity contribution in [1.82, 2.24) is 10.3 Å². The molecular formula is C14H22N2O2. The fourth-order valence-electron chi connectivity index (χ4n) is 1.87. The van der Waals surface area contributed by atoms with Crippen molar-refractivity contribution < 1.29 is 9.53 Å². The number of carbonyl (C=O) groups is 1. The fourth-order valence-corrected chi connectivity index (χ4v) is 1.87. The predicted octanol–water partition coefficient (Wildman–Crippen LogP) is 2.32. The molecule has 100 valence electrons. The van der Waals surface area contributed by atoms with Gasteiger partial charge in [0.1, 0.15) is 6.04 Å². The summed E-state index contributed by atoms with van der Waals surface area (Å²) in [7, 11) is 1.42. The van der Waals surface area contributed by atoms with E-state index in [9.17, 15) is 4.79 Å². The molecule has 1 aromatic heterocycles. The number of aromatic nitrogens is 1. The van der Waals surface area contributed by atoms with E-state index in [-0.39, 0.29) is 18.1 Å². The van der Waals surface area contributed by atoms with E-state index in [4.69, 9.17) is 4.74 Å². The third kappa shape index (κ3) is 4.45. The van der Waals surface area contributed by atoms with Crippen molar-refractivity contribution in [3.8, 4) is 0 Å². The first-order valence-corrected chi connectivity index (χ1v) is 6.29. The summed E-state index contributed by atoms with van der Waals surface area (Å²) < 4.78 is 4.83. The summed E-state index contributed by atoms with van der Waals surface area (Å²) >= 11 is 0. The molecule has 1 heterocycles. The quantitative estimate of drug-likeness (QED) is 0.787. The Bertz CT molecular complexity index is 365. The van der Waals surface area contributed by atoms with E-state index in [1.54, 1.807) is 6.20 Å². The van der Waals surface area contributed by atoms with Crippen LogP contribution in [0.3, 0.4) is 0 Å². The number of hydrogen-bond donors (Lipinski definition) is 1. The van der Waals surface area contributed by atoms with Crippen LogP contribution in [0.2, 0.25) is 0 Å². The van der Waals surface area contributed by atoms with Crippen LogP contribution in [0.25, 0.3) is 0 Å². The lowest BCUT2D eigenvalue weighted by molar-refractivity contribution is -0.143. The average Bonchev–Trinajstić information content (AvgIpc) is 2.37. The zero-order valence-electron chi connectivity index (χ0n) is 11.5. The van der Waals surface area contributed by atoms with Gasteiger partial charge >= 0.3 is 5.97 Å². The van der Waals surface area contributed by atoms with Gasteiger partial charge in [-0.3, -0.25) is 15.1 Å². The standard InChI is InChI=1S/C14H22N2O2/c1-10(2)9-13(14(17)18-4)16-11(3)12-7-5-6-8-15-12/h5-8,10-11,13,16H,9H2,1-4H3. The second-order valence-corrected chi connectivity index (χ2v) is 4.85. The first-order valence-electron chi connectivity index (χ1n) is 6.29. The van der Waals surface area contributed by atoms with Crippen LogP contribution >= 0.6 is 0 Å². The Morgan fingerprint density at radius 2 is 2.11 bits per heavy atom. The number of esters is 1. The number of hydrogen-bond acceptors (Lipinski definition) is 4. The molecule has 0 aliphatic heterocycles. The van der Waals surface area contributed by atoms with Gasteiger partial charge in [-0.15, -0.1) is 0 Å². The van der Waals surface area contributed by atoms with Gasteiger partial charge in [0, 0.05) is 12.2 Å². The molecule has 0 amide bonds. The number of nitrogens with one attached hydrogen (secondary N) is 1. The van der Waals surface area contributed by atoms with Crippen molar-refractivity contribution in [3.63, 3.8) is 0 Å². The SMILES string of the molecule is COC(=O)C(CC(C)C)NC(C)c1ccccn1. The zero-order chi connectivity index (χ0) is 13.5. The molecule has 1 aromatic rings. The molecule has 18 heavy (non-hydrogen) atoms. The Morgan fingerprint density at radius 3 is 2.61 bits per heavy atom. The Morgan fingerprint density at radius 1 is 1.39 bits per heavy atom. The van der Waals surface area contributed by atoms with Crippen LogP contribution in [-0.4, -0.2) is 24.1 Å². The summed E-state index contributed by atoms with van der Waals surface area (Å²) in [5.74, 6) is 0.212. The Labute approximate surface area is 109 Å². The van der Waals surface area contributed by atoms with Crippen LogP contribution in [0.5, 0.6) is 0 Å². The lowest BCUT2D eigenvalue weighted by Gasteiger charge is -2.22. The van der Waals surface area contributed by atoms with Crippen molar-refractivity contribution >= 4 is 5.97 Å². The van der Waals surface area contributed by atoms with E-state index >= 15 is 0 Å². The summed E-state index contributed by atoms with van der Waals surface area (Å²) in [5.41, 5.74) is 0.926. The highest BCUT2D eigenvalue weighted by Crippen LogP contribution is 2.13. The molecule has 0 spiro atoms. The number of rotatable bonds is 6. The van der Waals surface area contributed by atoms with E-state index in [1.807, 2.05) is 25.1 Å². The normalized spacial score (nSPS) is 14.3. The van der Waals surface area contributed by atoms with E-state index in [0.29, 0.717) is 5.92 Å². The molecule has 0 aromatic carbocycles. The molecule has 0 saturated carbocycles. The van der Waals surface area contributed by atoms with Gasteiger partial charge in [-0.2, -0.15) is 0 Å². The molecule has 0 radical (unpaired) electrons. The first kappa shape index (κ1) is 14.6. The molecule has 4 heteroatoms. The number of methoxy groups -OCH3 is 1. The van der Waals surface area contributed by atoms with Gasteiger partial charge in [0.25, 0.3) is 0 Å². The summed E-state index contributed by atoms with van der Waals surface area (Å²) in [4.78, 5) is 16.0. The highest BCUT2D eigenvalue weighted by atomic mass is 16.5. The molecule has 0 aliphatic rings. The zero-order valence-corrected chi connectivity index (χ0v) is 11.5. The van der Waals surface area contributed by atoms with Crippen LogP contribution in [0.1, 0.15) is 38.9 Å². The van der Waals surface area contributed by atoms with Gasteiger partial charge in [-0.1, -0.05) is 19.9 Å². The maximum Gasteiger partial charge on any atom is 0.322 e. The summed E-state index contributed by atoms with van der Waals surface area (Å²) in [6, 6.07) is 5.50. The van der Waals surface area contributed by atoms with Crippen molar-refractivity contribution in [1.29, 1.82) is 0 Å². The topological polar surface area (TPSA) is 51.2 Å². The molecule has 4 nitrogen and oxygen atoms in total. The van der Waals surface area contributed by atoms with E-state index in [2.05, 4.69) is 24.1 Å². The van der Waals surface area contributed by atoms with Crippen LogP contribution < -0.4 is 5.32 Å². The summed E-state index contributed by atoms with van der Waals surface area (Å²) in [6.45, 7) is 6.17. The van der Waals surface area contributed by atoms with Gasteiger partial charge in [-0.05, 0) is 31.4 Å². The predicted molar refractivity (Wildman–Crippen MR) is 71.0 cm³/mol. The monoisotopic (exact) mass is 250 g/mol. The van der Waals surface area contributed by atoms with Gasteiger partial charge in [-0.25, -0.2) is 0 Å². The smallest absolute Gasteiger partial charge is 0.322 e. The molecule has 2 atom stereocenters. The number of ether oxygens (including phenoxy) is 1. The number of nitrogens with zero attached hydrogens (tertiary/aromatic N) is 1. The Kier molecular flexibility index (Phi) is 5.78. The van der Waals surface area contributed by atoms with Crippen LogP contribution in [0.4, 0.5) is 0 Å². The minimum Gasteiger partial charge on any atom is -0.468 e. The van der Waals surface area contributed by atoms with E-state index in [1.165, 1.54) is 7.11 Å². The van der Waals surface area contributed by atoms with Crippen LogP contribution in [0.15, 0.2) is 24.4 Å². The molecule has 0 fully saturated rings. The van der Waals surface area contributed by atoms with Gasteiger partial charge in [0.05, 0.1) is 12.8 Å². The van der Waals surface area contributed by atoms with Crippen LogP contribution in [-0.2, 0) is 9.53 Å². The highest BCUT2D eigenvalue weighted by Gasteiger charge is 2.22. The van der Waals surface area contributed by atoms with Crippen molar-refractivity contribution in [2.45, 2.75) is 39.3 Å². The van der Waals surface area contributed by atoms with Gasteiger partial charge in [0.15, 0.2) is 0 Å². The Hall–Kier alpha value is -1.42. The Balaban J connectivity index is 2.68. The molecule has 1 rings (SSSR count). The first-order chi connectivity index (χ1) is 8.54. The van der Waals surface area contributed by atoms with Gasteiger partial charge in [0.2, 0.25) is 0 Å². The van der Waals surface area contributed by atoms with Crippen molar-refractivity contribution in [2.24, 2.45) is 5.92 Å². The second-order valence-electron chi connectivity index (χ2n) is 4.85. The molecule has 2 unspecified atom stereocenters. The second kappa shape index (κ2) is 7.11. The van der Waals surface area contributed by atoms with E-state index < -0.39 is 0 Å². The van der Waals surface area contributed by atoms with Crippen molar-refractivity contribution in [2.75, 3.05) is 7.11 Å². The van der Waals surface area contributed by atoms with Crippen LogP contribution in [0, 0.1) is 5.92 Å². The van der Waals surface area contributed by atoms with E-state index in [0.717, 1.165) is 12.1 Å². The molecular weight excluding hydrogens is 228 g/mol.